The molecule has 0 bridgehead atoms. The molecule has 82 valence electrons. The number of carbonyl (C=O) groups excluding carboxylic acids is 1. The number of aryl methyl sites for hydroxylation is 1. The average Bonchev–Trinajstić information content (AvgIpc) is 2.25. The summed E-state index contributed by atoms with van der Waals surface area (Å²) in [5.74, 6) is -0.129. The van der Waals surface area contributed by atoms with Gasteiger partial charge in [-0.05, 0) is 37.1 Å². The smallest absolute Gasteiger partial charge is 0.130 e. The number of hydrogen-bond donors (Lipinski definition) is 0. The number of nitrogens with zero attached hydrogens (tertiary/aromatic N) is 1. The van der Waals surface area contributed by atoms with Gasteiger partial charge in [0.2, 0.25) is 0 Å². The number of rotatable bonds is 3. The zero-order valence-electron chi connectivity index (χ0n) is 9.03. The molecule has 1 aromatic carbocycles. The number of halogens is 1. The second-order valence-electron chi connectivity index (χ2n) is 3.83. The van der Waals surface area contributed by atoms with Crippen LogP contribution in [-0.2, 0) is 11.2 Å². The lowest BCUT2D eigenvalue weighted by Crippen LogP contribution is -1.95. The Labute approximate surface area is 93.1 Å². The van der Waals surface area contributed by atoms with Crippen LogP contribution in [0.4, 0.5) is 4.39 Å². The van der Waals surface area contributed by atoms with Crippen molar-refractivity contribution in [3.05, 3.63) is 41.8 Å². The third kappa shape index (κ3) is 2.24. The van der Waals surface area contributed by atoms with Gasteiger partial charge in [-0.25, -0.2) is 4.39 Å². The largest absolute Gasteiger partial charge is 0.300 e. The molecule has 0 saturated heterocycles. The van der Waals surface area contributed by atoms with Crippen molar-refractivity contribution in [2.24, 2.45) is 0 Å². The molecule has 0 spiro atoms. The van der Waals surface area contributed by atoms with E-state index in [1.807, 2.05) is 6.07 Å². The molecule has 0 unspecified atom stereocenters. The number of benzene rings is 1. The van der Waals surface area contributed by atoms with E-state index in [0.29, 0.717) is 18.4 Å². The number of ketones is 1. The Morgan fingerprint density at radius 1 is 1.38 bits per heavy atom. The first-order valence-corrected chi connectivity index (χ1v) is 5.19. The minimum atomic E-state index is -0.288. The van der Waals surface area contributed by atoms with Crippen LogP contribution in [0.5, 0.6) is 0 Å². The van der Waals surface area contributed by atoms with Crippen LogP contribution in [0, 0.1) is 5.82 Å². The van der Waals surface area contributed by atoms with Crippen molar-refractivity contribution in [2.75, 3.05) is 0 Å². The topological polar surface area (TPSA) is 30.0 Å². The first-order valence-electron chi connectivity index (χ1n) is 5.19. The molecule has 0 amide bonds. The number of fused-ring (bicyclic) bond motifs is 1. The summed E-state index contributed by atoms with van der Waals surface area (Å²) < 4.78 is 13.0. The highest BCUT2D eigenvalue weighted by molar-refractivity contribution is 5.83. The molecule has 3 heteroatoms. The van der Waals surface area contributed by atoms with Gasteiger partial charge in [-0.15, -0.1) is 0 Å². The third-order valence-corrected chi connectivity index (χ3v) is 2.54. The standard InChI is InChI=1S/C13H12FNO/c1-9(16)2-3-10-6-7-15-13-8-11(14)4-5-12(10)13/h4-8H,2-3H2,1H3. The van der Waals surface area contributed by atoms with Crippen LogP contribution in [0.15, 0.2) is 30.5 Å². The summed E-state index contributed by atoms with van der Waals surface area (Å²) in [6, 6.07) is 6.42. The quantitative estimate of drug-likeness (QED) is 0.791. The van der Waals surface area contributed by atoms with Gasteiger partial charge in [0.1, 0.15) is 11.6 Å². The first-order chi connectivity index (χ1) is 7.66. The predicted molar refractivity (Wildman–Crippen MR) is 60.7 cm³/mol. The van der Waals surface area contributed by atoms with Crippen molar-refractivity contribution in [2.45, 2.75) is 19.8 Å². The van der Waals surface area contributed by atoms with Crippen LogP contribution in [0.2, 0.25) is 0 Å². The molecule has 2 rings (SSSR count). The molecule has 1 aromatic heterocycles. The Morgan fingerprint density at radius 2 is 2.19 bits per heavy atom. The van der Waals surface area contributed by atoms with Gasteiger partial charge in [0.25, 0.3) is 0 Å². The summed E-state index contributed by atoms with van der Waals surface area (Å²) in [6.07, 6.45) is 2.84. The van der Waals surface area contributed by atoms with Gasteiger partial charge in [0.05, 0.1) is 5.52 Å². The van der Waals surface area contributed by atoms with Crippen LogP contribution < -0.4 is 0 Å². The molecule has 0 aliphatic carbocycles. The highest BCUT2D eigenvalue weighted by Crippen LogP contribution is 2.19. The maximum atomic E-state index is 13.0. The Balaban J connectivity index is 2.41. The third-order valence-electron chi connectivity index (χ3n) is 2.54. The fourth-order valence-electron chi connectivity index (χ4n) is 1.71. The van der Waals surface area contributed by atoms with Crippen molar-refractivity contribution in [1.29, 1.82) is 0 Å². The van der Waals surface area contributed by atoms with Crippen LogP contribution in [-0.4, -0.2) is 10.8 Å². The average molecular weight is 217 g/mol. The molecule has 0 aliphatic heterocycles. The van der Waals surface area contributed by atoms with Gasteiger partial charge in [-0.2, -0.15) is 0 Å². The number of carbonyl (C=O) groups is 1. The SMILES string of the molecule is CC(=O)CCc1ccnc2cc(F)ccc12. The summed E-state index contributed by atoms with van der Waals surface area (Å²) in [4.78, 5) is 15.0. The normalized spacial score (nSPS) is 10.6. The fraction of sp³-hybridized carbons (Fsp3) is 0.231. The molecule has 0 saturated carbocycles. The second-order valence-corrected chi connectivity index (χ2v) is 3.83. The van der Waals surface area contributed by atoms with Crippen molar-refractivity contribution < 1.29 is 9.18 Å². The lowest BCUT2D eigenvalue weighted by molar-refractivity contribution is -0.116. The van der Waals surface area contributed by atoms with E-state index in [1.54, 1.807) is 19.2 Å². The predicted octanol–water partition coefficient (Wildman–Crippen LogP) is 2.90. The van der Waals surface area contributed by atoms with E-state index < -0.39 is 0 Å². The van der Waals surface area contributed by atoms with E-state index in [9.17, 15) is 9.18 Å². The van der Waals surface area contributed by atoms with E-state index in [2.05, 4.69) is 4.98 Å². The minimum absolute atomic E-state index is 0.159. The molecular formula is C13H12FNO. The van der Waals surface area contributed by atoms with Crippen molar-refractivity contribution >= 4 is 16.7 Å². The van der Waals surface area contributed by atoms with Crippen LogP contribution in [0.3, 0.4) is 0 Å². The highest BCUT2D eigenvalue weighted by Gasteiger charge is 2.04. The van der Waals surface area contributed by atoms with Crippen LogP contribution >= 0.6 is 0 Å². The summed E-state index contributed by atoms with van der Waals surface area (Å²) in [6.45, 7) is 1.57. The van der Waals surface area contributed by atoms with E-state index in [1.165, 1.54) is 12.1 Å². The van der Waals surface area contributed by atoms with E-state index in [0.717, 1.165) is 10.9 Å². The second kappa shape index (κ2) is 4.39. The first kappa shape index (κ1) is 10.7. The van der Waals surface area contributed by atoms with Crippen LogP contribution in [0.1, 0.15) is 18.9 Å². The van der Waals surface area contributed by atoms with Crippen LogP contribution in [0.25, 0.3) is 10.9 Å². The van der Waals surface area contributed by atoms with Gasteiger partial charge in [0, 0.05) is 24.1 Å². The highest BCUT2D eigenvalue weighted by atomic mass is 19.1. The molecule has 2 nitrogen and oxygen atoms in total. The maximum Gasteiger partial charge on any atom is 0.130 e. The molecule has 16 heavy (non-hydrogen) atoms. The lowest BCUT2D eigenvalue weighted by Gasteiger charge is -2.04. The maximum absolute atomic E-state index is 13.0. The monoisotopic (exact) mass is 217 g/mol. The molecule has 0 aliphatic rings. The lowest BCUT2D eigenvalue weighted by atomic mass is 10.0. The van der Waals surface area contributed by atoms with E-state index in [-0.39, 0.29) is 11.6 Å². The molecular weight excluding hydrogens is 205 g/mol. The van der Waals surface area contributed by atoms with Gasteiger partial charge >= 0.3 is 0 Å². The number of aromatic nitrogens is 1. The Morgan fingerprint density at radius 3 is 2.94 bits per heavy atom. The molecule has 0 radical (unpaired) electrons. The summed E-state index contributed by atoms with van der Waals surface area (Å²) in [5.41, 5.74) is 1.68. The Hall–Kier alpha value is -1.77. The van der Waals surface area contributed by atoms with Gasteiger partial charge in [0.15, 0.2) is 0 Å². The number of hydrogen-bond acceptors (Lipinski definition) is 2. The molecule has 0 N–H and O–H groups in total. The van der Waals surface area contributed by atoms with E-state index in [4.69, 9.17) is 0 Å². The van der Waals surface area contributed by atoms with Crippen molar-refractivity contribution in [3.8, 4) is 0 Å². The van der Waals surface area contributed by atoms with Crippen molar-refractivity contribution in [1.82, 2.24) is 4.98 Å². The Kier molecular flexibility index (Phi) is 2.95. The molecule has 0 atom stereocenters. The summed E-state index contributed by atoms with van der Waals surface area (Å²) in [7, 11) is 0. The number of Topliss-reactive ketones (excluding diaryl/α,β-unsaturated/α-hetero) is 1. The summed E-state index contributed by atoms with van der Waals surface area (Å²) >= 11 is 0. The molecule has 0 fully saturated rings. The fourth-order valence-corrected chi connectivity index (χ4v) is 1.71. The Bertz CT molecular complexity index is 536. The van der Waals surface area contributed by atoms with E-state index >= 15 is 0 Å². The molecule has 2 aromatic rings. The van der Waals surface area contributed by atoms with Gasteiger partial charge in [-0.3, -0.25) is 4.98 Å². The number of pyridine rings is 1. The van der Waals surface area contributed by atoms with Crippen molar-refractivity contribution in [3.63, 3.8) is 0 Å². The zero-order valence-corrected chi connectivity index (χ0v) is 9.03. The molecule has 1 heterocycles. The summed E-state index contributed by atoms with van der Waals surface area (Å²) in [5, 5.41) is 0.921. The zero-order chi connectivity index (χ0) is 11.5. The van der Waals surface area contributed by atoms with Gasteiger partial charge in [-0.1, -0.05) is 0 Å². The van der Waals surface area contributed by atoms with Gasteiger partial charge < -0.3 is 4.79 Å². The minimum Gasteiger partial charge on any atom is -0.300 e.